The molecule has 0 aromatic heterocycles. The molecule has 0 aliphatic carbocycles. The van der Waals surface area contributed by atoms with Gasteiger partial charge in [-0.3, -0.25) is 0 Å². The van der Waals surface area contributed by atoms with E-state index in [9.17, 15) is 0 Å². The highest BCUT2D eigenvalue weighted by Crippen LogP contribution is 2.48. The van der Waals surface area contributed by atoms with Crippen LogP contribution in [0.3, 0.4) is 0 Å². The molecular weight excluding hydrogens is 220 g/mol. The predicted molar refractivity (Wildman–Crippen MR) is 75.9 cm³/mol. The van der Waals surface area contributed by atoms with Gasteiger partial charge in [0.1, 0.15) is 0 Å². The van der Waals surface area contributed by atoms with Gasteiger partial charge in [0.05, 0.1) is 4.08 Å². The van der Waals surface area contributed by atoms with E-state index >= 15 is 0 Å². The van der Waals surface area contributed by atoms with Crippen molar-refractivity contribution in [1.82, 2.24) is 0 Å². The zero-order valence-corrected chi connectivity index (χ0v) is 12.2. The molecule has 1 rings (SSSR count). The molecule has 0 spiro atoms. The minimum atomic E-state index is 0.518. The summed E-state index contributed by atoms with van der Waals surface area (Å²) >= 11 is 4.40. The molecule has 1 heterocycles. The molecule has 1 fully saturated rings. The average Bonchev–Trinajstić information content (AvgIpc) is 2.25. The molecule has 0 aromatic rings. The predicted octanol–water partition coefficient (Wildman–Crippen LogP) is 5.18. The summed E-state index contributed by atoms with van der Waals surface area (Å²) in [5, 5.41) is 0. The van der Waals surface area contributed by atoms with Gasteiger partial charge in [-0.1, -0.05) is 39.5 Å². The van der Waals surface area contributed by atoms with Gasteiger partial charge in [-0.2, -0.15) is 0 Å². The van der Waals surface area contributed by atoms with Crippen LogP contribution in [0, 0.1) is 5.92 Å². The van der Waals surface area contributed by atoms with Crippen LogP contribution in [-0.2, 0) is 0 Å². The smallest absolute Gasteiger partial charge is 0.0608 e. The maximum atomic E-state index is 2.46. The fourth-order valence-electron chi connectivity index (χ4n) is 2.07. The molecule has 1 saturated heterocycles. The van der Waals surface area contributed by atoms with Gasteiger partial charge in [0.25, 0.3) is 0 Å². The van der Waals surface area contributed by atoms with Crippen molar-refractivity contribution >= 4 is 23.5 Å². The van der Waals surface area contributed by atoms with Crippen LogP contribution in [0.1, 0.15) is 59.3 Å². The van der Waals surface area contributed by atoms with E-state index in [0.29, 0.717) is 4.08 Å². The van der Waals surface area contributed by atoms with Crippen LogP contribution in [0.25, 0.3) is 0 Å². The summed E-state index contributed by atoms with van der Waals surface area (Å²) in [5.41, 5.74) is 0. The minimum Gasteiger partial charge on any atom is -0.144 e. The van der Waals surface area contributed by atoms with Gasteiger partial charge < -0.3 is 0 Å². The van der Waals surface area contributed by atoms with E-state index in [4.69, 9.17) is 0 Å². The molecule has 2 heteroatoms. The molecule has 0 unspecified atom stereocenters. The van der Waals surface area contributed by atoms with Crippen LogP contribution in [0.15, 0.2) is 0 Å². The Kier molecular flexibility index (Phi) is 6.52. The van der Waals surface area contributed by atoms with Crippen LogP contribution in [0.5, 0.6) is 0 Å². The SMILES string of the molecule is CCCCCC[C@@H](C)C1(C)SCCCS1. The molecule has 90 valence electrons. The number of thioether (sulfide) groups is 2. The quantitative estimate of drug-likeness (QED) is 0.592. The third-order valence-electron chi connectivity index (χ3n) is 3.45. The van der Waals surface area contributed by atoms with Crippen LogP contribution in [0.2, 0.25) is 0 Å². The Morgan fingerprint density at radius 1 is 1.13 bits per heavy atom. The third kappa shape index (κ3) is 4.60. The van der Waals surface area contributed by atoms with Gasteiger partial charge in [-0.05, 0) is 37.2 Å². The Bertz CT molecular complexity index is 162. The van der Waals surface area contributed by atoms with E-state index in [1.54, 1.807) is 0 Å². The Morgan fingerprint density at radius 3 is 2.40 bits per heavy atom. The second kappa shape index (κ2) is 7.11. The molecule has 0 nitrogen and oxygen atoms in total. The Morgan fingerprint density at radius 2 is 1.80 bits per heavy atom. The lowest BCUT2D eigenvalue weighted by Crippen LogP contribution is -2.29. The van der Waals surface area contributed by atoms with Gasteiger partial charge in [0, 0.05) is 0 Å². The van der Waals surface area contributed by atoms with Gasteiger partial charge in [0.15, 0.2) is 0 Å². The average molecular weight is 246 g/mol. The van der Waals surface area contributed by atoms with Crippen molar-refractivity contribution in [3.05, 3.63) is 0 Å². The summed E-state index contributed by atoms with van der Waals surface area (Å²) in [7, 11) is 0. The fraction of sp³-hybridized carbons (Fsp3) is 1.00. The van der Waals surface area contributed by atoms with Gasteiger partial charge in [0.2, 0.25) is 0 Å². The maximum Gasteiger partial charge on any atom is 0.0608 e. The highest BCUT2D eigenvalue weighted by molar-refractivity contribution is 8.18. The highest BCUT2D eigenvalue weighted by atomic mass is 32.2. The van der Waals surface area contributed by atoms with Crippen LogP contribution >= 0.6 is 23.5 Å². The van der Waals surface area contributed by atoms with Crippen molar-refractivity contribution in [2.45, 2.75) is 63.4 Å². The summed E-state index contributed by atoms with van der Waals surface area (Å²) in [6, 6.07) is 0. The lowest BCUT2D eigenvalue weighted by molar-refractivity contribution is 0.465. The van der Waals surface area contributed by atoms with Crippen molar-refractivity contribution in [3.63, 3.8) is 0 Å². The van der Waals surface area contributed by atoms with Crippen LogP contribution < -0.4 is 0 Å². The first-order valence-corrected chi connectivity index (χ1v) is 8.44. The van der Waals surface area contributed by atoms with Crippen molar-refractivity contribution in [2.24, 2.45) is 5.92 Å². The molecular formula is C13H26S2. The first-order chi connectivity index (χ1) is 7.19. The lowest BCUT2D eigenvalue weighted by Gasteiger charge is -2.37. The normalized spacial score (nSPS) is 22.6. The molecule has 1 aliphatic rings. The third-order valence-corrected chi connectivity index (χ3v) is 7.10. The summed E-state index contributed by atoms with van der Waals surface area (Å²) in [6.45, 7) is 7.21. The van der Waals surface area contributed by atoms with Crippen molar-refractivity contribution < 1.29 is 0 Å². The van der Waals surface area contributed by atoms with Gasteiger partial charge >= 0.3 is 0 Å². The van der Waals surface area contributed by atoms with Crippen molar-refractivity contribution in [1.29, 1.82) is 0 Å². The molecule has 0 aromatic carbocycles. The Balaban J connectivity index is 2.22. The number of rotatable bonds is 6. The molecule has 1 aliphatic heterocycles. The Labute approximate surface area is 104 Å². The van der Waals surface area contributed by atoms with Crippen molar-refractivity contribution in [3.8, 4) is 0 Å². The van der Waals surface area contributed by atoms with Gasteiger partial charge in [-0.25, -0.2) is 0 Å². The van der Waals surface area contributed by atoms with E-state index in [0.717, 1.165) is 5.92 Å². The highest BCUT2D eigenvalue weighted by Gasteiger charge is 2.33. The van der Waals surface area contributed by atoms with Gasteiger partial charge in [-0.15, -0.1) is 23.5 Å². The largest absolute Gasteiger partial charge is 0.144 e. The lowest BCUT2D eigenvalue weighted by atomic mass is 9.99. The first-order valence-electron chi connectivity index (χ1n) is 6.47. The first kappa shape index (κ1) is 13.8. The number of hydrogen-bond donors (Lipinski definition) is 0. The summed E-state index contributed by atoms with van der Waals surface area (Å²) < 4.78 is 0.518. The molecule has 0 saturated carbocycles. The van der Waals surface area contributed by atoms with E-state index in [-0.39, 0.29) is 0 Å². The second-order valence-corrected chi connectivity index (χ2v) is 8.17. The van der Waals surface area contributed by atoms with Crippen LogP contribution in [0.4, 0.5) is 0 Å². The molecule has 0 amide bonds. The minimum absolute atomic E-state index is 0.518. The second-order valence-electron chi connectivity index (χ2n) is 4.82. The summed E-state index contributed by atoms with van der Waals surface area (Å²) in [5.74, 6) is 3.63. The van der Waals surface area contributed by atoms with Crippen molar-refractivity contribution in [2.75, 3.05) is 11.5 Å². The molecule has 0 radical (unpaired) electrons. The van der Waals surface area contributed by atoms with E-state index < -0.39 is 0 Å². The molecule has 0 N–H and O–H groups in total. The monoisotopic (exact) mass is 246 g/mol. The maximum absolute atomic E-state index is 2.46. The summed E-state index contributed by atoms with van der Waals surface area (Å²) in [6.07, 6.45) is 8.49. The molecule has 0 bridgehead atoms. The fourth-order valence-corrected chi connectivity index (χ4v) is 5.28. The standard InChI is InChI=1S/C13H26S2/c1-4-5-6-7-9-12(2)13(3)14-10-8-11-15-13/h12H,4-11H2,1-3H3/t12-/m1/s1. The molecule has 15 heavy (non-hydrogen) atoms. The molecule has 1 atom stereocenters. The summed E-state index contributed by atoms with van der Waals surface area (Å²) in [4.78, 5) is 0. The number of unbranched alkanes of at least 4 members (excludes halogenated alkanes) is 3. The van der Waals surface area contributed by atoms with E-state index in [1.807, 2.05) is 0 Å². The zero-order valence-electron chi connectivity index (χ0n) is 10.6. The van der Waals surface area contributed by atoms with Crippen LogP contribution in [-0.4, -0.2) is 15.6 Å². The Hall–Kier alpha value is 0.700. The van der Waals surface area contributed by atoms with E-state index in [2.05, 4.69) is 44.3 Å². The number of hydrogen-bond acceptors (Lipinski definition) is 2. The van der Waals surface area contributed by atoms with E-state index in [1.165, 1.54) is 50.0 Å². The zero-order chi connectivity index (χ0) is 11.1. The topological polar surface area (TPSA) is 0 Å².